The third-order valence-corrected chi connectivity index (χ3v) is 6.78. The molecule has 5 atom stereocenters. The average Bonchev–Trinajstić information content (AvgIpc) is 2.96. The van der Waals surface area contributed by atoms with Gasteiger partial charge in [0.05, 0.1) is 0 Å². The second kappa shape index (κ2) is 5.89. The fraction of sp³-hybridized carbons (Fsp3) is 0.765. The van der Waals surface area contributed by atoms with E-state index in [0.29, 0.717) is 17.8 Å². The van der Waals surface area contributed by atoms with Crippen LogP contribution in [0.3, 0.4) is 0 Å². The Hall–Kier alpha value is -1.24. The van der Waals surface area contributed by atoms with E-state index in [2.05, 4.69) is 10.4 Å². The van der Waals surface area contributed by atoms with Crippen LogP contribution in [0.1, 0.15) is 54.6 Å². The molecule has 0 aliphatic heterocycles. The zero-order chi connectivity index (χ0) is 17.9. The molecule has 0 saturated heterocycles. The van der Waals surface area contributed by atoms with Crippen LogP contribution in [0.5, 0.6) is 0 Å². The molecule has 3 aliphatic carbocycles. The van der Waals surface area contributed by atoms with Crippen LogP contribution in [0.4, 0.5) is 13.2 Å². The van der Waals surface area contributed by atoms with E-state index in [-0.39, 0.29) is 11.2 Å². The normalized spacial score (nSPS) is 34.2. The number of carbonyl (C=O) groups excluding carboxylic acids is 1. The molecule has 4 rings (SSSR count). The Labute approximate surface area is 149 Å². The van der Waals surface area contributed by atoms with Gasteiger partial charge in [-0.15, -0.1) is 0 Å². The van der Waals surface area contributed by atoms with Crippen molar-refractivity contribution in [3.8, 4) is 0 Å². The monoisotopic (exact) mass is 375 g/mol. The third kappa shape index (κ3) is 2.94. The largest absolute Gasteiger partial charge is 0.436 e. The highest BCUT2D eigenvalue weighted by Gasteiger charge is 2.47. The highest BCUT2D eigenvalue weighted by Crippen LogP contribution is 2.53. The SMILES string of the molecule is Cn1nc(C(F)(F)F)c(C(=O)NC2CCC3CC4CC(C3)C2C4)c1Cl. The summed E-state index contributed by atoms with van der Waals surface area (Å²) >= 11 is 5.95. The van der Waals surface area contributed by atoms with E-state index in [1.807, 2.05) is 0 Å². The Kier molecular flexibility index (Phi) is 4.05. The molecule has 138 valence electrons. The second-order valence-electron chi connectivity index (χ2n) is 7.89. The van der Waals surface area contributed by atoms with Crippen molar-refractivity contribution in [1.82, 2.24) is 15.1 Å². The molecule has 3 aliphatic rings. The van der Waals surface area contributed by atoms with E-state index in [4.69, 9.17) is 11.6 Å². The Bertz CT molecular complexity index is 702. The van der Waals surface area contributed by atoms with Gasteiger partial charge in [0, 0.05) is 13.1 Å². The van der Waals surface area contributed by atoms with Crippen LogP contribution >= 0.6 is 11.6 Å². The topological polar surface area (TPSA) is 46.9 Å². The smallest absolute Gasteiger partial charge is 0.349 e. The van der Waals surface area contributed by atoms with E-state index in [1.165, 1.54) is 26.3 Å². The number of hydrogen-bond acceptors (Lipinski definition) is 2. The lowest BCUT2D eigenvalue weighted by Gasteiger charge is -2.27. The van der Waals surface area contributed by atoms with Crippen molar-refractivity contribution in [2.24, 2.45) is 30.7 Å². The maximum Gasteiger partial charge on any atom is 0.436 e. The average molecular weight is 376 g/mol. The van der Waals surface area contributed by atoms with Gasteiger partial charge in [-0.05, 0) is 62.2 Å². The Balaban J connectivity index is 1.59. The second-order valence-corrected chi connectivity index (χ2v) is 8.25. The van der Waals surface area contributed by atoms with Gasteiger partial charge < -0.3 is 5.32 Å². The molecule has 5 unspecified atom stereocenters. The minimum absolute atomic E-state index is 0.0647. The van der Waals surface area contributed by atoms with Gasteiger partial charge in [0.2, 0.25) is 0 Å². The summed E-state index contributed by atoms with van der Waals surface area (Å²) in [5, 5.41) is 6.00. The Morgan fingerprint density at radius 3 is 2.64 bits per heavy atom. The van der Waals surface area contributed by atoms with Crippen LogP contribution in [0.2, 0.25) is 5.15 Å². The summed E-state index contributed by atoms with van der Waals surface area (Å²) in [5.74, 6) is 1.66. The first-order valence-corrected chi connectivity index (χ1v) is 9.22. The van der Waals surface area contributed by atoms with Gasteiger partial charge in [0.15, 0.2) is 5.69 Å². The van der Waals surface area contributed by atoms with Crippen molar-refractivity contribution in [3.63, 3.8) is 0 Å². The molecular formula is C17H21ClF3N3O. The van der Waals surface area contributed by atoms with Crippen LogP contribution in [0, 0.1) is 23.7 Å². The summed E-state index contributed by atoms with van der Waals surface area (Å²) in [5.41, 5.74) is -1.77. The molecule has 0 radical (unpaired) electrons. The molecule has 8 heteroatoms. The molecule has 0 spiro atoms. The number of nitrogens with one attached hydrogen (secondary N) is 1. The lowest BCUT2D eigenvalue weighted by atomic mass is 9.80. The number of fused-ring (bicyclic) bond motifs is 2. The molecule has 3 saturated carbocycles. The van der Waals surface area contributed by atoms with Crippen LogP contribution < -0.4 is 5.32 Å². The highest BCUT2D eigenvalue weighted by molar-refractivity contribution is 6.33. The molecule has 1 aromatic rings. The van der Waals surface area contributed by atoms with E-state index in [0.717, 1.165) is 29.9 Å². The minimum atomic E-state index is -4.71. The number of alkyl halides is 3. The first-order chi connectivity index (χ1) is 11.7. The summed E-state index contributed by atoms with van der Waals surface area (Å²) < 4.78 is 40.5. The fourth-order valence-corrected chi connectivity index (χ4v) is 5.63. The Morgan fingerprint density at radius 1 is 1.20 bits per heavy atom. The lowest BCUT2D eigenvalue weighted by Crippen LogP contribution is -2.41. The predicted molar refractivity (Wildman–Crippen MR) is 86.1 cm³/mol. The zero-order valence-corrected chi connectivity index (χ0v) is 14.7. The number of hydrogen-bond donors (Lipinski definition) is 1. The minimum Gasteiger partial charge on any atom is -0.349 e. The number of aromatic nitrogens is 2. The molecular weight excluding hydrogens is 355 g/mol. The summed E-state index contributed by atoms with van der Waals surface area (Å²) in [7, 11) is 1.31. The van der Waals surface area contributed by atoms with Gasteiger partial charge in [-0.2, -0.15) is 18.3 Å². The van der Waals surface area contributed by atoms with Gasteiger partial charge in [0.25, 0.3) is 5.91 Å². The van der Waals surface area contributed by atoms with Crippen molar-refractivity contribution in [2.45, 2.75) is 50.7 Å². The van der Waals surface area contributed by atoms with E-state index >= 15 is 0 Å². The molecule has 1 aromatic heterocycles. The highest BCUT2D eigenvalue weighted by atomic mass is 35.5. The van der Waals surface area contributed by atoms with Gasteiger partial charge >= 0.3 is 6.18 Å². The summed E-state index contributed by atoms with van der Waals surface area (Å²) in [4.78, 5) is 12.7. The van der Waals surface area contributed by atoms with Gasteiger partial charge in [-0.1, -0.05) is 11.6 Å². The number of rotatable bonds is 2. The van der Waals surface area contributed by atoms with Crippen molar-refractivity contribution in [3.05, 3.63) is 16.4 Å². The van der Waals surface area contributed by atoms with Crippen molar-refractivity contribution in [1.29, 1.82) is 0 Å². The zero-order valence-electron chi connectivity index (χ0n) is 13.9. The molecule has 4 nitrogen and oxygen atoms in total. The molecule has 0 aromatic carbocycles. The van der Waals surface area contributed by atoms with E-state index in [1.54, 1.807) is 0 Å². The number of halogens is 4. The number of carbonyl (C=O) groups is 1. The molecule has 3 fully saturated rings. The molecule has 1 heterocycles. The number of aryl methyl sites for hydroxylation is 1. The molecule has 25 heavy (non-hydrogen) atoms. The van der Waals surface area contributed by atoms with Crippen LogP contribution in [-0.4, -0.2) is 21.7 Å². The fourth-order valence-electron chi connectivity index (χ4n) is 5.42. The standard InChI is InChI=1S/C17H21ClF3N3O/c1-24-15(18)13(14(23-24)17(19,20)21)16(25)22-12-3-2-8-4-9-6-10(5-8)11(12)7-9/h8-12H,2-7H2,1H3,(H,22,25). The third-order valence-electron chi connectivity index (χ3n) is 6.34. The predicted octanol–water partition coefficient (Wildman–Crippen LogP) is 4.04. The van der Waals surface area contributed by atoms with Crippen molar-refractivity contribution < 1.29 is 18.0 Å². The van der Waals surface area contributed by atoms with Crippen molar-refractivity contribution in [2.75, 3.05) is 0 Å². The maximum absolute atomic E-state index is 13.2. The van der Waals surface area contributed by atoms with Gasteiger partial charge in [-0.25, -0.2) is 0 Å². The van der Waals surface area contributed by atoms with Gasteiger partial charge in [-0.3, -0.25) is 9.48 Å². The molecule has 1 N–H and O–H groups in total. The van der Waals surface area contributed by atoms with E-state index in [9.17, 15) is 18.0 Å². The summed E-state index contributed by atoms with van der Waals surface area (Å²) in [6.45, 7) is 0. The van der Waals surface area contributed by atoms with Crippen molar-refractivity contribution >= 4 is 17.5 Å². The summed E-state index contributed by atoms with van der Waals surface area (Å²) in [6, 6.07) is -0.0647. The summed E-state index contributed by atoms with van der Waals surface area (Å²) in [6.07, 6.45) is 1.94. The Morgan fingerprint density at radius 2 is 1.92 bits per heavy atom. The molecule has 3 bridgehead atoms. The quantitative estimate of drug-likeness (QED) is 0.848. The van der Waals surface area contributed by atoms with Crippen LogP contribution in [0.15, 0.2) is 0 Å². The van der Waals surface area contributed by atoms with E-state index < -0.39 is 23.3 Å². The van der Waals surface area contributed by atoms with Crippen LogP contribution in [-0.2, 0) is 13.2 Å². The first kappa shape index (κ1) is 17.2. The number of amides is 1. The lowest BCUT2D eigenvalue weighted by molar-refractivity contribution is -0.141. The first-order valence-electron chi connectivity index (χ1n) is 8.84. The number of nitrogens with zero attached hydrogens (tertiary/aromatic N) is 2. The van der Waals surface area contributed by atoms with Crippen LogP contribution in [0.25, 0.3) is 0 Å². The maximum atomic E-state index is 13.2. The van der Waals surface area contributed by atoms with Gasteiger partial charge in [0.1, 0.15) is 10.7 Å². The molecule has 1 amide bonds.